The lowest BCUT2D eigenvalue weighted by Crippen LogP contribution is -2.42. The van der Waals surface area contributed by atoms with Crippen molar-refractivity contribution in [2.24, 2.45) is 0 Å². The minimum absolute atomic E-state index is 0.0815. The first-order valence-electron chi connectivity index (χ1n) is 9.37. The van der Waals surface area contributed by atoms with Crippen LogP contribution in [0.25, 0.3) is 0 Å². The van der Waals surface area contributed by atoms with E-state index in [9.17, 15) is 9.59 Å². The number of rotatable bonds is 6. The zero-order chi connectivity index (χ0) is 21.7. The number of aryl methyl sites for hydroxylation is 4. The average Bonchev–Trinajstić information content (AvgIpc) is 3.02. The monoisotopic (exact) mass is 425 g/mol. The van der Waals surface area contributed by atoms with Crippen molar-refractivity contribution in [3.05, 3.63) is 69.9 Å². The lowest BCUT2D eigenvalue weighted by Gasteiger charge is -2.08. The Bertz CT molecular complexity index is 1020. The molecule has 0 aliphatic carbocycles. The number of hydrogen-bond acceptors (Lipinski definition) is 7. The zero-order valence-corrected chi connectivity index (χ0v) is 18.1. The minimum Gasteiger partial charge on any atom is -0.361 e. The summed E-state index contributed by atoms with van der Waals surface area (Å²) >= 11 is 1.54. The van der Waals surface area contributed by atoms with E-state index >= 15 is 0 Å². The van der Waals surface area contributed by atoms with E-state index in [1.165, 1.54) is 0 Å². The summed E-state index contributed by atoms with van der Waals surface area (Å²) in [7, 11) is 0. The fourth-order valence-corrected chi connectivity index (χ4v) is 3.72. The van der Waals surface area contributed by atoms with Crippen molar-refractivity contribution in [2.45, 2.75) is 45.0 Å². The van der Waals surface area contributed by atoms with E-state index in [1.807, 2.05) is 32.0 Å². The molecule has 0 atom stereocenters. The molecule has 0 fully saturated rings. The standard InChI is InChI=1S/C21H23N5O3S/c1-12-9-13(2)23-21(22-12)30-11-16-5-7-17(8-6-16)20(28)25-24-19(27)10-18-14(3)26-29-15(18)4/h5-9H,10-11H2,1-4H3,(H,24,27)(H,25,28). The summed E-state index contributed by atoms with van der Waals surface area (Å²) in [6.45, 7) is 7.40. The number of carbonyl (C=O) groups is 2. The van der Waals surface area contributed by atoms with Gasteiger partial charge in [-0.3, -0.25) is 20.4 Å². The highest BCUT2D eigenvalue weighted by Crippen LogP contribution is 2.20. The predicted molar refractivity (Wildman–Crippen MR) is 113 cm³/mol. The quantitative estimate of drug-likeness (QED) is 0.355. The van der Waals surface area contributed by atoms with E-state index in [2.05, 4.69) is 26.0 Å². The summed E-state index contributed by atoms with van der Waals surface area (Å²) in [5.41, 5.74) is 9.59. The Hall–Kier alpha value is -3.20. The topological polar surface area (TPSA) is 110 Å². The molecule has 1 aromatic carbocycles. The van der Waals surface area contributed by atoms with Crippen LogP contribution in [0, 0.1) is 27.7 Å². The number of hydrazine groups is 1. The van der Waals surface area contributed by atoms with Crippen molar-refractivity contribution in [2.75, 3.05) is 0 Å². The van der Waals surface area contributed by atoms with Gasteiger partial charge < -0.3 is 4.52 Å². The molecule has 2 heterocycles. The van der Waals surface area contributed by atoms with Gasteiger partial charge in [0.2, 0.25) is 5.91 Å². The maximum Gasteiger partial charge on any atom is 0.269 e. The third-order valence-corrected chi connectivity index (χ3v) is 5.30. The average molecular weight is 426 g/mol. The van der Waals surface area contributed by atoms with Crippen molar-refractivity contribution in [3.63, 3.8) is 0 Å². The van der Waals surface area contributed by atoms with Crippen LogP contribution in [0.2, 0.25) is 0 Å². The summed E-state index contributed by atoms with van der Waals surface area (Å²) < 4.78 is 5.04. The molecule has 2 amide bonds. The van der Waals surface area contributed by atoms with Crippen LogP contribution in [-0.4, -0.2) is 26.9 Å². The largest absolute Gasteiger partial charge is 0.361 e. The van der Waals surface area contributed by atoms with Gasteiger partial charge in [0.25, 0.3) is 5.91 Å². The molecule has 0 aliphatic rings. The van der Waals surface area contributed by atoms with Crippen LogP contribution in [0.1, 0.15) is 44.3 Å². The van der Waals surface area contributed by atoms with Gasteiger partial charge in [-0.25, -0.2) is 9.97 Å². The third kappa shape index (κ3) is 5.66. The van der Waals surface area contributed by atoms with Gasteiger partial charge in [0.15, 0.2) is 5.16 Å². The molecule has 2 N–H and O–H groups in total. The molecular weight excluding hydrogens is 402 g/mol. The summed E-state index contributed by atoms with van der Waals surface area (Å²) in [6, 6.07) is 9.11. The molecule has 0 bridgehead atoms. The first-order chi connectivity index (χ1) is 14.3. The van der Waals surface area contributed by atoms with E-state index in [4.69, 9.17) is 4.52 Å². The molecule has 0 unspecified atom stereocenters. The van der Waals surface area contributed by atoms with E-state index < -0.39 is 0 Å². The molecule has 30 heavy (non-hydrogen) atoms. The predicted octanol–water partition coefficient (Wildman–Crippen LogP) is 2.99. The van der Waals surface area contributed by atoms with Crippen LogP contribution in [-0.2, 0) is 17.0 Å². The maximum absolute atomic E-state index is 12.3. The molecule has 2 aromatic heterocycles. The van der Waals surface area contributed by atoms with Crippen molar-refractivity contribution in [3.8, 4) is 0 Å². The normalized spacial score (nSPS) is 10.7. The molecule has 8 nitrogen and oxygen atoms in total. The van der Waals surface area contributed by atoms with Gasteiger partial charge in [-0.1, -0.05) is 29.1 Å². The Balaban J connectivity index is 1.50. The molecule has 0 saturated carbocycles. The number of nitrogens with zero attached hydrogens (tertiary/aromatic N) is 3. The number of benzene rings is 1. The highest BCUT2D eigenvalue weighted by Gasteiger charge is 2.14. The summed E-state index contributed by atoms with van der Waals surface area (Å²) in [5.74, 6) is 0.547. The lowest BCUT2D eigenvalue weighted by atomic mass is 10.1. The first kappa shape index (κ1) is 21.5. The number of hydrogen-bond donors (Lipinski definition) is 2. The van der Waals surface area contributed by atoms with Crippen LogP contribution in [0.3, 0.4) is 0 Å². The molecule has 9 heteroatoms. The Morgan fingerprint density at radius 1 is 1.00 bits per heavy atom. The first-order valence-corrected chi connectivity index (χ1v) is 10.4. The minimum atomic E-state index is -0.390. The highest BCUT2D eigenvalue weighted by molar-refractivity contribution is 7.98. The Morgan fingerprint density at radius 3 is 2.27 bits per heavy atom. The fourth-order valence-electron chi connectivity index (χ4n) is 2.82. The number of carbonyl (C=O) groups excluding carboxylic acids is 2. The Labute approximate surface area is 178 Å². The highest BCUT2D eigenvalue weighted by atomic mass is 32.2. The van der Waals surface area contributed by atoms with Crippen LogP contribution in [0.4, 0.5) is 0 Å². The van der Waals surface area contributed by atoms with Crippen LogP contribution >= 0.6 is 11.8 Å². The van der Waals surface area contributed by atoms with Gasteiger partial charge in [-0.2, -0.15) is 0 Å². The molecule has 3 aromatic rings. The van der Waals surface area contributed by atoms with E-state index in [1.54, 1.807) is 37.7 Å². The van der Waals surface area contributed by atoms with Crippen molar-refractivity contribution >= 4 is 23.6 Å². The molecular formula is C21H23N5O3S. The second kappa shape index (κ2) is 9.53. The molecule has 0 radical (unpaired) electrons. The maximum atomic E-state index is 12.3. The van der Waals surface area contributed by atoms with Gasteiger partial charge in [0.1, 0.15) is 5.76 Å². The lowest BCUT2D eigenvalue weighted by molar-refractivity contribution is -0.121. The van der Waals surface area contributed by atoms with Gasteiger partial charge in [0.05, 0.1) is 12.1 Å². The fraction of sp³-hybridized carbons (Fsp3) is 0.286. The number of nitrogens with one attached hydrogen (secondary N) is 2. The smallest absolute Gasteiger partial charge is 0.269 e. The van der Waals surface area contributed by atoms with Gasteiger partial charge in [-0.15, -0.1) is 0 Å². The van der Waals surface area contributed by atoms with E-state index in [0.717, 1.165) is 27.7 Å². The third-order valence-electron chi connectivity index (χ3n) is 4.38. The Kier molecular flexibility index (Phi) is 6.83. The number of aromatic nitrogens is 3. The Morgan fingerprint density at radius 2 is 1.67 bits per heavy atom. The summed E-state index contributed by atoms with van der Waals surface area (Å²) in [4.78, 5) is 33.2. The van der Waals surface area contributed by atoms with Crippen LogP contribution in [0.15, 0.2) is 40.0 Å². The second-order valence-electron chi connectivity index (χ2n) is 6.90. The van der Waals surface area contributed by atoms with Crippen molar-refractivity contribution in [1.82, 2.24) is 26.0 Å². The molecule has 156 valence electrons. The van der Waals surface area contributed by atoms with E-state index in [0.29, 0.717) is 22.8 Å². The molecule has 3 rings (SSSR count). The van der Waals surface area contributed by atoms with Gasteiger partial charge in [-0.05, 0) is 51.5 Å². The van der Waals surface area contributed by atoms with E-state index in [-0.39, 0.29) is 18.2 Å². The molecule has 0 spiro atoms. The van der Waals surface area contributed by atoms with Crippen molar-refractivity contribution in [1.29, 1.82) is 0 Å². The second-order valence-corrected chi connectivity index (χ2v) is 7.84. The summed E-state index contributed by atoms with van der Waals surface area (Å²) in [6.07, 6.45) is 0.0815. The van der Waals surface area contributed by atoms with Gasteiger partial charge in [0, 0.05) is 28.3 Å². The van der Waals surface area contributed by atoms with Crippen LogP contribution < -0.4 is 10.9 Å². The molecule has 0 aliphatic heterocycles. The number of amides is 2. The molecule has 0 saturated heterocycles. The van der Waals surface area contributed by atoms with Crippen molar-refractivity contribution < 1.29 is 14.1 Å². The SMILES string of the molecule is Cc1cc(C)nc(SCc2ccc(C(=O)NNC(=O)Cc3c(C)noc3C)cc2)n1. The zero-order valence-electron chi connectivity index (χ0n) is 17.3. The summed E-state index contributed by atoms with van der Waals surface area (Å²) in [5, 5.41) is 4.54. The number of thioether (sulfide) groups is 1. The van der Waals surface area contributed by atoms with Crippen LogP contribution in [0.5, 0.6) is 0 Å². The van der Waals surface area contributed by atoms with Gasteiger partial charge >= 0.3 is 0 Å².